The third-order valence-corrected chi connectivity index (χ3v) is 9.02. The van der Waals surface area contributed by atoms with Gasteiger partial charge >= 0.3 is 0 Å². The zero-order valence-corrected chi connectivity index (χ0v) is 29.6. The minimum Gasteiger partial charge on any atom is -0.391 e. The van der Waals surface area contributed by atoms with Crippen molar-refractivity contribution in [1.82, 2.24) is 0 Å². The molecule has 0 fully saturated rings. The molecule has 0 bridgehead atoms. The molecule has 2 aliphatic rings. The molecule has 0 aliphatic heterocycles. The molecule has 0 aromatic carbocycles. The van der Waals surface area contributed by atoms with Gasteiger partial charge in [0.2, 0.25) is 0 Å². The molecule has 2 rings (SSSR count). The van der Waals surface area contributed by atoms with E-state index < -0.39 is 6.10 Å². The van der Waals surface area contributed by atoms with Crippen LogP contribution in [0.3, 0.4) is 0 Å². The molecule has 2 aliphatic carbocycles. The highest BCUT2D eigenvalue weighted by Gasteiger charge is 2.27. The van der Waals surface area contributed by atoms with Gasteiger partial charge in [0.25, 0.3) is 0 Å². The van der Waals surface area contributed by atoms with Crippen molar-refractivity contribution in [1.29, 1.82) is 0 Å². The van der Waals surface area contributed by atoms with Crippen LogP contribution in [0, 0.1) is 10.8 Å². The second-order valence-corrected chi connectivity index (χ2v) is 14.3. The van der Waals surface area contributed by atoms with Gasteiger partial charge in [-0.05, 0) is 120 Å². The minimum atomic E-state index is -0.486. The Morgan fingerprint density at radius 1 is 0.705 bits per heavy atom. The second kappa shape index (κ2) is 18.1. The molecule has 0 radical (unpaired) electrons. The number of rotatable bonds is 13. The van der Waals surface area contributed by atoms with Crippen LogP contribution in [-0.2, 0) is 0 Å². The van der Waals surface area contributed by atoms with E-state index in [2.05, 4.69) is 141 Å². The van der Waals surface area contributed by atoms with Crippen LogP contribution in [-0.4, -0.2) is 24.0 Å². The molecule has 0 spiro atoms. The number of hydrogen-bond donors (Lipinski definition) is 1. The van der Waals surface area contributed by atoms with Crippen LogP contribution in [0.1, 0.15) is 114 Å². The highest BCUT2D eigenvalue weighted by atomic mass is 16.3. The van der Waals surface area contributed by atoms with E-state index >= 15 is 0 Å². The quantitative estimate of drug-likeness (QED) is 0.167. The summed E-state index contributed by atoms with van der Waals surface area (Å²) in [4.78, 5) is 4.41. The molecular formula is C42H61NO. The predicted molar refractivity (Wildman–Crippen MR) is 196 cm³/mol. The van der Waals surface area contributed by atoms with Crippen molar-refractivity contribution in [2.45, 2.75) is 120 Å². The van der Waals surface area contributed by atoms with Gasteiger partial charge < -0.3 is 5.11 Å². The van der Waals surface area contributed by atoms with Crippen molar-refractivity contribution in [3.63, 3.8) is 0 Å². The van der Waals surface area contributed by atoms with Gasteiger partial charge in [0.05, 0.1) is 12.6 Å². The molecule has 0 aromatic heterocycles. The lowest BCUT2D eigenvalue weighted by Gasteiger charge is -2.33. The van der Waals surface area contributed by atoms with Crippen LogP contribution >= 0.6 is 0 Å². The van der Waals surface area contributed by atoms with E-state index in [0.29, 0.717) is 13.0 Å². The van der Waals surface area contributed by atoms with Gasteiger partial charge in [0.15, 0.2) is 0 Å². The maximum atomic E-state index is 10.4. The Kier molecular flexibility index (Phi) is 15.3. The summed E-state index contributed by atoms with van der Waals surface area (Å²) in [6.45, 7) is 22.8. The Balaban J connectivity index is 1.79. The fourth-order valence-electron chi connectivity index (χ4n) is 6.14. The van der Waals surface area contributed by atoms with Crippen molar-refractivity contribution in [2.24, 2.45) is 15.8 Å². The third-order valence-electron chi connectivity index (χ3n) is 9.02. The van der Waals surface area contributed by atoms with Gasteiger partial charge in [-0.3, -0.25) is 4.99 Å². The summed E-state index contributed by atoms with van der Waals surface area (Å²) >= 11 is 0. The lowest BCUT2D eigenvalue weighted by Crippen LogP contribution is -2.19. The smallest absolute Gasteiger partial charge is 0.0769 e. The summed E-state index contributed by atoms with van der Waals surface area (Å²) in [5.74, 6) is 0. The Morgan fingerprint density at radius 2 is 1.16 bits per heavy atom. The number of aliphatic hydroxyl groups excluding tert-OH is 1. The molecule has 1 N–H and O–H groups in total. The molecule has 0 saturated carbocycles. The van der Waals surface area contributed by atoms with Crippen molar-refractivity contribution in [2.75, 3.05) is 6.54 Å². The van der Waals surface area contributed by atoms with E-state index in [1.54, 1.807) is 6.21 Å². The predicted octanol–water partition coefficient (Wildman–Crippen LogP) is 11.9. The Labute approximate surface area is 270 Å². The summed E-state index contributed by atoms with van der Waals surface area (Å²) in [6, 6.07) is 0. The minimum absolute atomic E-state index is 0.267. The topological polar surface area (TPSA) is 32.6 Å². The van der Waals surface area contributed by atoms with Crippen LogP contribution in [0.15, 0.2) is 122 Å². The molecule has 240 valence electrons. The standard InChI is InChI=1S/C42H61NO/c1-32(15-11-16-33(2)22-25-39-36(5)19-13-28-41(39,7)8)21-24-38(44)31-43-30-27-35(4)18-12-17-34(3)23-26-40-37(6)20-14-29-42(40,9)10/h11-12,15-18,21-23,25-27,30,38,44H,13-14,19-20,24,28-29,31H2,1-10H3/t38-/m1/s1. The van der Waals surface area contributed by atoms with Crippen molar-refractivity contribution < 1.29 is 5.11 Å². The number of nitrogens with zero attached hydrogens (tertiary/aromatic N) is 1. The van der Waals surface area contributed by atoms with Gasteiger partial charge in [-0.15, -0.1) is 0 Å². The van der Waals surface area contributed by atoms with E-state index in [9.17, 15) is 5.11 Å². The Hall–Kier alpha value is -2.97. The van der Waals surface area contributed by atoms with Gasteiger partial charge in [-0.1, -0.05) is 122 Å². The molecule has 2 heteroatoms. The van der Waals surface area contributed by atoms with Crippen molar-refractivity contribution in [3.05, 3.63) is 117 Å². The molecule has 0 heterocycles. The zero-order valence-electron chi connectivity index (χ0n) is 29.6. The average molecular weight is 596 g/mol. The largest absolute Gasteiger partial charge is 0.391 e. The van der Waals surface area contributed by atoms with Crippen LogP contribution < -0.4 is 0 Å². The maximum Gasteiger partial charge on any atom is 0.0769 e. The normalized spacial score (nSPS) is 21.8. The summed E-state index contributed by atoms with van der Waals surface area (Å²) < 4.78 is 0. The molecule has 1 atom stereocenters. The monoisotopic (exact) mass is 595 g/mol. The van der Waals surface area contributed by atoms with Crippen molar-refractivity contribution in [3.8, 4) is 0 Å². The first-order chi connectivity index (χ1) is 20.7. The van der Waals surface area contributed by atoms with E-state index in [-0.39, 0.29) is 10.8 Å². The molecule has 0 saturated heterocycles. The van der Waals surface area contributed by atoms with Crippen molar-refractivity contribution >= 4 is 6.21 Å². The number of allylic oxidation sites excluding steroid dienone is 19. The third kappa shape index (κ3) is 13.3. The molecule has 2 nitrogen and oxygen atoms in total. The first kappa shape index (κ1) is 37.2. The van der Waals surface area contributed by atoms with Gasteiger partial charge in [-0.2, -0.15) is 0 Å². The molecule has 0 unspecified atom stereocenters. The molecule has 44 heavy (non-hydrogen) atoms. The van der Waals surface area contributed by atoms with E-state index in [0.717, 1.165) is 11.1 Å². The van der Waals surface area contributed by atoms with E-state index in [1.165, 1.54) is 72.0 Å². The van der Waals surface area contributed by atoms with E-state index in [4.69, 9.17) is 0 Å². The fraction of sp³-hybridized carbons (Fsp3) is 0.500. The summed E-state index contributed by atoms with van der Waals surface area (Å²) in [5.41, 5.74) is 11.3. The summed E-state index contributed by atoms with van der Waals surface area (Å²) in [7, 11) is 0. The second-order valence-electron chi connectivity index (χ2n) is 14.3. The Morgan fingerprint density at radius 3 is 1.64 bits per heavy atom. The maximum absolute atomic E-state index is 10.4. The van der Waals surface area contributed by atoms with Gasteiger partial charge in [-0.25, -0.2) is 0 Å². The van der Waals surface area contributed by atoms with Crippen LogP contribution in [0.5, 0.6) is 0 Å². The van der Waals surface area contributed by atoms with Crippen LogP contribution in [0.4, 0.5) is 0 Å². The SMILES string of the molecule is CC(C=CC1=C(C)CCCC1(C)C)=CC=CC(C)=CC=NC[C@H](O)CC=C(C)C=CC=C(C)C=CC1=C(C)CCCC1(C)C. The number of hydrogen-bond acceptors (Lipinski definition) is 2. The Bertz CT molecular complexity index is 1310. The molecular weight excluding hydrogens is 534 g/mol. The highest BCUT2D eigenvalue weighted by Crippen LogP contribution is 2.41. The highest BCUT2D eigenvalue weighted by molar-refractivity contribution is 5.72. The van der Waals surface area contributed by atoms with Crippen LogP contribution in [0.25, 0.3) is 0 Å². The lowest BCUT2D eigenvalue weighted by atomic mass is 9.72. The lowest BCUT2D eigenvalue weighted by molar-refractivity contribution is 0.187. The van der Waals surface area contributed by atoms with Gasteiger partial charge in [0.1, 0.15) is 0 Å². The average Bonchev–Trinajstić information content (AvgIpc) is 2.93. The summed E-state index contributed by atoms with van der Waals surface area (Å²) in [6.07, 6.45) is 35.3. The first-order valence-electron chi connectivity index (χ1n) is 16.7. The zero-order chi connectivity index (χ0) is 32.8. The molecule has 0 aromatic rings. The fourth-order valence-corrected chi connectivity index (χ4v) is 6.14. The molecule has 0 amide bonds. The van der Waals surface area contributed by atoms with E-state index in [1.807, 2.05) is 6.08 Å². The van der Waals surface area contributed by atoms with Gasteiger partial charge in [0, 0.05) is 6.21 Å². The van der Waals surface area contributed by atoms with Crippen LogP contribution in [0.2, 0.25) is 0 Å². The number of aliphatic hydroxyl groups is 1. The first-order valence-corrected chi connectivity index (χ1v) is 16.7. The summed E-state index contributed by atoms with van der Waals surface area (Å²) in [5, 5.41) is 10.4. The number of aliphatic imine (C=N–C) groups is 1.